The highest BCUT2D eigenvalue weighted by Gasteiger charge is 2.13. The fourth-order valence-electron chi connectivity index (χ4n) is 4.04. The minimum absolute atomic E-state index is 0.699. The van der Waals surface area contributed by atoms with Crippen LogP contribution in [0.1, 0.15) is 70.3 Å². The van der Waals surface area contributed by atoms with E-state index in [1.807, 2.05) is 12.1 Å². The van der Waals surface area contributed by atoms with Crippen molar-refractivity contribution in [2.45, 2.75) is 71.1 Å². The second-order valence-corrected chi connectivity index (χ2v) is 8.35. The van der Waals surface area contributed by atoms with Crippen molar-refractivity contribution < 1.29 is 4.74 Å². The maximum absolute atomic E-state index is 6.43. The molecule has 0 N–H and O–H groups in total. The molecule has 27 heavy (non-hydrogen) atoms. The van der Waals surface area contributed by atoms with Crippen molar-refractivity contribution in [3.63, 3.8) is 0 Å². The molecular formula is C25H33ClO. The Morgan fingerprint density at radius 2 is 1.67 bits per heavy atom. The molecule has 0 amide bonds. The number of rotatable bonds is 9. The summed E-state index contributed by atoms with van der Waals surface area (Å²) in [5.74, 6) is 1.74. The van der Waals surface area contributed by atoms with Gasteiger partial charge in [0.15, 0.2) is 0 Å². The van der Waals surface area contributed by atoms with Crippen molar-refractivity contribution in [3.8, 4) is 16.9 Å². The van der Waals surface area contributed by atoms with Crippen LogP contribution in [0.2, 0.25) is 5.02 Å². The summed E-state index contributed by atoms with van der Waals surface area (Å²) in [7, 11) is 0. The van der Waals surface area contributed by atoms with Crippen molar-refractivity contribution >= 4 is 11.6 Å². The molecule has 2 aromatic rings. The van der Waals surface area contributed by atoms with Gasteiger partial charge in [0, 0.05) is 0 Å². The maximum Gasteiger partial charge on any atom is 0.137 e. The normalized spacial score (nSPS) is 15.0. The van der Waals surface area contributed by atoms with E-state index in [4.69, 9.17) is 16.3 Å². The lowest BCUT2D eigenvalue weighted by atomic mass is 9.85. The van der Waals surface area contributed by atoms with Crippen molar-refractivity contribution in [2.75, 3.05) is 6.61 Å². The van der Waals surface area contributed by atoms with Crippen molar-refractivity contribution in [1.29, 1.82) is 0 Å². The number of aryl methyl sites for hydroxylation is 1. The Bertz CT molecular complexity index is 686. The molecular weight excluding hydrogens is 352 g/mol. The zero-order valence-electron chi connectivity index (χ0n) is 16.7. The Morgan fingerprint density at radius 3 is 2.37 bits per heavy atom. The first-order chi connectivity index (χ1) is 13.3. The first kappa shape index (κ1) is 20.3. The maximum atomic E-state index is 6.43. The molecule has 0 bridgehead atoms. The quantitative estimate of drug-likeness (QED) is 0.397. The molecule has 2 aromatic carbocycles. The summed E-state index contributed by atoms with van der Waals surface area (Å²) in [4.78, 5) is 0. The molecule has 0 heterocycles. The summed E-state index contributed by atoms with van der Waals surface area (Å²) in [5, 5.41) is 0.699. The van der Waals surface area contributed by atoms with Crippen LogP contribution in [0.4, 0.5) is 0 Å². The van der Waals surface area contributed by atoms with Crippen LogP contribution in [0.15, 0.2) is 42.5 Å². The summed E-state index contributed by atoms with van der Waals surface area (Å²) in [5.41, 5.74) is 3.82. The second kappa shape index (κ2) is 10.8. The van der Waals surface area contributed by atoms with E-state index in [1.165, 1.54) is 68.9 Å². The van der Waals surface area contributed by atoms with Crippen molar-refractivity contribution in [3.05, 3.63) is 53.1 Å². The Balaban J connectivity index is 1.55. The molecule has 146 valence electrons. The monoisotopic (exact) mass is 384 g/mol. The molecule has 0 unspecified atom stereocenters. The molecule has 1 fully saturated rings. The smallest absolute Gasteiger partial charge is 0.137 e. The topological polar surface area (TPSA) is 9.23 Å². The number of hydrogen-bond donors (Lipinski definition) is 0. The third kappa shape index (κ3) is 6.28. The van der Waals surface area contributed by atoms with Gasteiger partial charge >= 0.3 is 0 Å². The van der Waals surface area contributed by atoms with E-state index in [-0.39, 0.29) is 0 Å². The Hall–Kier alpha value is -1.47. The predicted molar refractivity (Wildman–Crippen MR) is 117 cm³/mol. The molecule has 3 rings (SSSR count). The van der Waals surface area contributed by atoms with Gasteiger partial charge in [-0.05, 0) is 54.0 Å². The van der Waals surface area contributed by atoms with Gasteiger partial charge in [0.25, 0.3) is 0 Å². The first-order valence-electron chi connectivity index (χ1n) is 10.8. The average molecular weight is 385 g/mol. The van der Waals surface area contributed by atoms with Crippen LogP contribution < -0.4 is 4.74 Å². The lowest BCUT2D eigenvalue weighted by molar-refractivity contribution is 0.306. The molecule has 1 aliphatic rings. The molecule has 0 saturated heterocycles. The van der Waals surface area contributed by atoms with E-state index < -0.39 is 0 Å². The van der Waals surface area contributed by atoms with Crippen molar-refractivity contribution in [1.82, 2.24) is 0 Å². The number of ether oxygens (including phenoxy) is 1. The van der Waals surface area contributed by atoms with Gasteiger partial charge in [0.05, 0.1) is 11.6 Å². The summed E-state index contributed by atoms with van der Waals surface area (Å²) >= 11 is 6.43. The molecule has 0 aliphatic heterocycles. The fourth-order valence-corrected chi connectivity index (χ4v) is 4.28. The number of hydrogen-bond acceptors (Lipinski definition) is 1. The predicted octanol–water partition coefficient (Wildman–Crippen LogP) is 8.09. The minimum Gasteiger partial charge on any atom is -0.492 e. The highest BCUT2D eigenvalue weighted by Crippen LogP contribution is 2.31. The number of benzene rings is 2. The van der Waals surface area contributed by atoms with Crippen LogP contribution >= 0.6 is 11.6 Å². The Kier molecular flexibility index (Phi) is 8.08. The van der Waals surface area contributed by atoms with Gasteiger partial charge in [-0.2, -0.15) is 0 Å². The molecule has 0 radical (unpaired) electrons. The molecule has 0 atom stereocenters. The van der Waals surface area contributed by atoms with E-state index >= 15 is 0 Å². The van der Waals surface area contributed by atoms with E-state index in [0.29, 0.717) is 5.02 Å². The van der Waals surface area contributed by atoms with Gasteiger partial charge in [-0.15, -0.1) is 0 Å². The van der Waals surface area contributed by atoms with Crippen LogP contribution in [0.5, 0.6) is 5.75 Å². The molecule has 1 saturated carbocycles. The number of halogens is 1. The summed E-state index contributed by atoms with van der Waals surface area (Å²) in [6.45, 7) is 2.94. The fraction of sp³-hybridized carbons (Fsp3) is 0.520. The highest BCUT2D eigenvalue weighted by atomic mass is 35.5. The summed E-state index contributed by atoms with van der Waals surface area (Å²) < 4.78 is 5.81. The van der Waals surface area contributed by atoms with Gasteiger partial charge < -0.3 is 4.74 Å². The summed E-state index contributed by atoms with van der Waals surface area (Å²) in [6.07, 6.45) is 13.2. The van der Waals surface area contributed by atoms with Gasteiger partial charge in [-0.1, -0.05) is 93.8 Å². The molecule has 0 spiro atoms. The van der Waals surface area contributed by atoms with Crippen molar-refractivity contribution in [2.24, 2.45) is 5.92 Å². The van der Waals surface area contributed by atoms with Crippen LogP contribution in [-0.2, 0) is 6.42 Å². The second-order valence-electron chi connectivity index (χ2n) is 7.94. The van der Waals surface area contributed by atoms with Crippen LogP contribution in [0.25, 0.3) is 11.1 Å². The standard InChI is InChI=1S/C25H33ClO/c1-2-3-7-18-27-25-17-16-23(19-24(25)26)22-14-12-21(13-15-22)11-10-20-8-5-4-6-9-20/h12-17,19-20H,2-11,18H2,1H3. The van der Waals surface area contributed by atoms with Gasteiger partial charge in [-0.25, -0.2) is 0 Å². The van der Waals surface area contributed by atoms with Crippen LogP contribution in [-0.4, -0.2) is 6.61 Å². The Labute approximate surface area is 170 Å². The lowest BCUT2D eigenvalue weighted by Gasteiger charge is -2.21. The van der Waals surface area contributed by atoms with E-state index in [0.717, 1.165) is 30.3 Å². The van der Waals surface area contributed by atoms with E-state index in [9.17, 15) is 0 Å². The first-order valence-corrected chi connectivity index (χ1v) is 11.2. The van der Waals surface area contributed by atoms with E-state index in [1.54, 1.807) is 0 Å². The molecule has 2 heteroatoms. The van der Waals surface area contributed by atoms with Gasteiger partial charge in [0.2, 0.25) is 0 Å². The average Bonchev–Trinajstić information content (AvgIpc) is 2.72. The van der Waals surface area contributed by atoms with Crippen LogP contribution in [0.3, 0.4) is 0 Å². The van der Waals surface area contributed by atoms with Gasteiger partial charge in [-0.3, -0.25) is 0 Å². The number of unbranched alkanes of at least 4 members (excludes halogenated alkanes) is 2. The van der Waals surface area contributed by atoms with Crippen LogP contribution in [0, 0.1) is 5.92 Å². The largest absolute Gasteiger partial charge is 0.492 e. The lowest BCUT2D eigenvalue weighted by Crippen LogP contribution is -2.07. The van der Waals surface area contributed by atoms with E-state index in [2.05, 4.69) is 37.3 Å². The zero-order chi connectivity index (χ0) is 18.9. The third-order valence-corrected chi connectivity index (χ3v) is 6.09. The Morgan fingerprint density at radius 1 is 0.926 bits per heavy atom. The minimum atomic E-state index is 0.699. The molecule has 1 nitrogen and oxygen atoms in total. The SMILES string of the molecule is CCCCCOc1ccc(-c2ccc(CCC3CCCCC3)cc2)cc1Cl. The molecule has 1 aliphatic carbocycles. The highest BCUT2D eigenvalue weighted by molar-refractivity contribution is 6.32. The van der Waals surface area contributed by atoms with Gasteiger partial charge in [0.1, 0.15) is 5.75 Å². The summed E-state index contributed by atoms with van der Waals surface area (Å²) in [6, 6.07) is 15.1. The molecule has 0 aromatic heterocycles. The third-order valence-electron chi connectivity index (χ3n) is 5.79. The zero-order valence-corrected chi connectivity index (χ0v) is 17.4.